The van der Waals surface area contributed by atoms with Crippen molar-refractivity contribution in [3.8, 4) is 5.75 Å². The third-order valence-corrected chi connectivity index (χ3v) is 3.94. The van der Waals surface area contributed by atoms with Crippen molar-refractivity contribution >= 4 is 0 Å². The number of ether oxygens (including phenoxy) is 1. The second-order valence-electron chi connectivity index (χ2n) is 6.08. The molecule has 1 aliphatic rings. The van der Waals surface area contributed by atoms with E-state index in [4.69, 9.17) is 4.74 Å². The SMILES string of the molecule is CC1CC(C)CC(NCCCOc2ccccc2)C1. The van der Waals surface area contributed by atoms with Gasteiger partial charge >= 0.3 is 0 Å². The zero-order valence-corrected chi connectivity index (χ0v) is 12.3. The fourth-order valence-electron chi connectivity index (χ4n) is 3.20. The molecule has 0 bridgehead atoms. The van der Waals surface area contributed by atoms with Crippen LogP contribution in [0.1, 0.15) is 39.5 Å². The molecule has 2 unspecified atom stereocenters. The van der Waals surface area contributed by atoms with Gasteiger partial charge in [-0.2, -0.15) is 0 Å². The summed E-state index contributed by atoms with van der Waals surface area (Å²) in [7, 11) is 0. The monoisotopic (exact) mass is 261 g/mol. The van der Waals surface area contributed by atoms with Crippen molar-refractivity contribution in [1.82, 2.24) is 5.32 Å². The van der Waals surface area contributed by atoms with Gasteiger partial charge in [0.2, 0.25) is 0 Å². The minimum absolute atomic E-state index is 0.718. The first-order valence-corrected chi connectivity index (χ1v) is 7.65. The third kappa shape index (κ3) is 5.23. The molecular weight excluding hydrogens is 234 g/mol. The maximum Gasteiger partial charge on any atom is 0.119 e. The molecule has 1 aromatic carbocycles. The Labute approximate surface area is 117 Å². The average molecular weight is 261 g/mol. The first kappa shape index (κ1) is 14.4. The molecule has 1 N–H and O–H groups in total. The molecule has 2 rings (SSSR count). The van der Waals surface area contributed by atoms with Crippen molar-refractivity contribution in [2.24, 2.45) is 11.8 Å². The highest BCUT2D eigenvalue weighted by molar-refractivity contribution is 5.20. The van der Waals surface area contributed by atoms with Crippen molar-refractivity contribution in [2.75, 3.05) is 13.2 Å². The number of rotatable bonds is 6. The van der Waals surface area contributed by atoms with E-state index < -0.39 is 0 Å². The summed E-state index contributed by atoms with van der Waals surface area (Å²) < 4.78 is 5.70. The predicted molar refractivity (Wildman–Crippen MR) is 80.5 cm³/mol. The van der Waals surface area contributed by atoms with Crippen LogP contribution in [0.4, 0.5) is 0 Å². The van der Waals surface area contributed by atoms with Crippen LogP contribution < -0.4 is 10.1 Å². The topological polar surface area (TPSA) is 21.3 Å². The van der Waals surface area contributed by atoms with Crippen LogP contribution in [-0.4, -0.2) is 19.2 Å². The van der Waals surface area contributed by atoms with E-state index in [1.165, 1.54) is 19.3 Å². The van der Waals surface area contributed by atoms with E-state index in [1.807, 2.05) is 30.3 Å². The summed E-state index contributed by atoms with van der Waals surface area (Å²) >= 11 is 0. The first-order valence-electron chi connectivity index (χ1n) is 7.65. The molecule has 106 valence electrons. The van der Waals surface area contributed by atoms with Crippen LogP contribution in [0.3, 0.4) is 0 Å². The molecule has 0 amide bonds. The molecular formula is C17H27NO. The maximum absolute atomic E-state index is 5.70. The van der Waals surface area contributed by atoms with Gasteiger partial charge in [-0.05, 0) is 56.2 Å². The summed E-state index contributed by atoms with van der Waals surface area (Å²) in [6.07, 6.45) is 5.15. The molecule has 2 atom stereocenters. The second-order valence-corrected chi connectivity index (χ2v) is 6.08. The van der Waals surface area contributed by atoms with Crippen LogP contribution in [0.25, 0.3) is 0 Å². The van der Waals surface area contributed by atoms with Crippen LogP contribution in [0.2, 0.25) is 0 Å². The van der Waals surface area contributed by atoms with Crippen molar-refractivity contribution in [3.63, 3.8) is 0 Å². The first-order chi connectivity index (χ1) is 9.24. The van der Waals surface area contributed by atoms with Crippen molar-refractivity contribution in [3.05, 3.63) is 30.3 Å². The van der Waals surface area contributed by atoms with Crippen LogP contribution >= 0.6 is 0 Å². The smallest absolute Gasteiger partial charge is 0.119 e. The molecule has 0 aliphatic heterocycles. The number of para-hydroxylation sites is 1. The Morgan fingerprint density at radius 3 is 2.42 bits per heavy atom. The molecule has 2 nitrogen and oxygen atoms in total. The molecule has 0 saturated heterocycles. The van der Waals surface area contributed by atoms with Gasteiger partial charge in [-0.1, -0.05) is 32.0 Å². The number of hydrogen-bond donors (Lipinski definition) is 1. The molecule has 0 heterocycles. The van der Waals surface area contributed by atoms with E-state index in [0.717, 1.165) is 43.2 Å². The van der Waals surface area contributed by atoms with E-state index >= 15 is 0 Å². The predicted octanol–water partition coefficient (Wildman–Crippen LogP) is 3.87. The minimum atomic E-state index is 0.718. The standard InChI is InChI=1S/C17H27NO/c1-14-11-15(2)13-16(12-14)18-9-6-10-19-17-7-4-3-5-8-17/h3-5,7-8,14-16,18H,6,9-13H2,1-2H3. The summed E-state index contributed by atoms with van der Waals surface area (Å²) in [6, 6.07) is 10.8. The molecule has 19 heavy (non-hydrogen) atoms. The molecule has 2 heteroatoms. The Kier molecular flexibility index (Phi) is 5.71. The van der Waals surface area contributed by atoms with Gasteiger partial charge in [0.1, 0.15) is 5.75 Å². The third-order valence-electron chi connectivity index (χ3n) is 3.94. The number of benzene rings is 1. The Hall–Kier alpha value is -1.02. The second kappa shape index (κ2) is 7.54. The normalized spacial score (nSPS) is 27.2. The zero-order valence-electron chi connectivity index (χ0n) is 12.3. The quantitative estimate of drug-likeness (QED) is 0.785. The van der Waals surface area contributed by atoms with Crippen LogP contribution in [-0.2, 0) is 0 Å². The summed E-state index contributed by atoms with van der Waals surface area (Å²) in [6.45, 7) is 6.62. The lowest BCUT2D eigenvalue weighted by molar-refractivity contribution is 0.233. The molecule has 0 aromatic heterocycles. The molecule has 0 spiro atoms. The molecule has 1 fully saturated rings. The highest BCUT2D eigenvalue weighted by Gasteiger charge is 2.22. The lowest BCUT2D eigenvalue weighted by Gasteiger charge is -2.32. The van der Waals surface area contributed by atoms with E-state index in [2.05, 4.69) is 19.2 Å². The van der Waals surface area contributed by atoms with Gasteiger partial charge in [-0.15, -0.1) is 0 Å². The summed E-state index contributed by atoms with van der Waals surface area (Å²) in [5.74, 6) is 2.73. The highest BCUT2D eigenvalue weighted by Crippen LogP contribution is 2.28. The van der Waals surface area contributed by atoms with Crippen LogP contribution in [0.15, 0.2) is 30.3 Å². The van der Waals surface area contributed by atoms with Gasteiger partial charge in [-0.3, -0.25) is 0 Å². The summed E-state index contributed by atoms with van der Waals surface area (Å²) in [4.78, 5) is 0. The number of nitrogens with one attached hydrogen (secondary N) is 1. The maximum atomic E-state index is 5.70. The zero-order chi connectivity index (χ0) is 13.5. The summed E-state index contributed by atoms with van der Waals surface area (Å²) in [5.41, 5.74) is 0. The Bertz CT molecular complexity index is 342. The average Bonchev–Trinajstić information content (AvgIpc) is 2.38. The van der Waals surface area contributed by atoms with E-state index in [9.17, 15) is 0 Å². The fraction of sp³-hybridized carbons (Fsp3) is 0.647. The Morgan fingerprint density at radius 1 is 1.05 bits per heavy atom. The molecule has 1 aliphatic carbocycles. The Morgan fingerprint density at radius 2 is 1.74 bits per heavy atom. The van der Waals surface area contributed by atoms with Gasteiger partial charge in [0.25, 0.3) is 0 Å². The lowest BCUT2D eigenvalue weighted by atomic mass is 9.80. The van der Waals surface area contributed by atoms with Crippen molar-refractivity contribution < 1.29 is 4.74 Å². The summed E-state index contributed by atoms with van der Waals surface area (Å²) in [5, 5.41) is 3.69. The minimum Gasteiger partial charge on any atom is -0.494 e. The number of hydrogen-bond acceptors (Lipinski definition) is 2. The van der Waals surface area contributed by atoms with Crippen molar-refractivity contribution in [1.29, 1.82) is 0 Å². The van der Waals surface area contributed by atoms with Gasteiger partial charge in [0, 0.05) is 6.04 Å². The van der Waals surface area contributed by atoms with E-state index in [1.54, 1.807) is 0 Å². The largest absolute Gasteiger partial charge is 0.494 e. The van der Waals surface area contributed by atoms with Gasteiger partial charge in [0.05, 0.1) is 6.61 Å². The van der Waals surface area contributed by atoms with Gasteiger partial charge in [-0.25, -0.2) is 0 Å². The van der Waals surface area contributed by atoms with E-state index in [-0.39, 0.29) is 0 Å². The lowest BCUT2D eigenvalue weighted by Crippen LogP contribution is -2.37. The van der Waals surface area contributed by atoms with E-state index in [0.29, 0.717) is 0 Å². The van der Waals surface area contributed by atoms with Crippen LogP contribution in [0.5, 0.6) is 5.75 Å². The molecule has 1 saturated carbocycles. The highest BCUT2D eigenvalue weighted by atomic mass is 16.5. The molecule has 0 radical (unpaired) electrons. The van der Waals surface area contributed by atoms with Gasteiger partial charge in [0.15, 0.2) is 0 Å². The fourth-order valence-corrected chi connectivity index (χ4v) is 3.20. The molecule has 1 aromatic rings. The van der Waals surface area contributed by atoms with Crippen LogP contribution in [0, 0.1) is 11.8 Å². The Balaban J connectivity index is 1.57. The van der Waals surface area contributed by atoms with Crippen molar-refractivity contribution in [2.45, 2.75) is 45.6 Å². The van der Waals surface area contributed by atoms with Gasteiger partial charge < -0.3 is 10.1 Å².